The van der Waals surface area contributed by atoms with Gasteiger partial charge in [0, 0.05) is 18.5 Å². The van der Waals surface area contributed by atoms with Crippen LogP contribution < -0.4 is 0 Å². The summed E-state index contributed by atoms with van der Waals surface area (Å²) in [5.41, 5.74) is 0.613. The lowest BCUT2D eigenvalue weighted by atomic mass is 9.79. The lowest BCUT2D eigenvalue weighted by Crippen LogP contribution is -2.57. The number of hydrogen-bond donors (Lipinski definition) is 1. The number of benzene rings is 1. The predicted molar refractivity (Wildman–Crippen MR) is 68.6 cm³/mol. The normalized spacial score (nSPS) is 16.6. The molecule has 0 atom stereocenters. The lowest BCUT2D eigenvalue weighted by Gasteiger charge is -2.46. The molecule has 1 saturated heterocycles. The quantitative estimate of drug-likeness (QED) is 0.903. The summed E-state index contributed by atoms with van der Waals surface area (Å²) < 4.78 is 5.17. The molecule has 1 fully saturated rings. The van der Waals surface area contributed by atoms with Gasteiger partial charge in [-0.3, -0.25) is 4.79 Å². The third kappa shape index (κ3) is 3.47. The molecule has 19 heavy (non-hydrogen) atoms. The first-order valence-electron chi connectivity index (χ1n) is 6.16. The fourth-order valence-electron chi connectivity index (χ4n) is 2.29. The molecule has 0 aliphatic carbocycles. The predicted octanol–water partition coefficient (Wildman–Crippen LogP) is 2.12. The van der Waals surface area contributed by atoms with Crippen molar-refractivity contribution in [3.63, 3.8) is 0 Å². The van der Waals surface area contributed by atoms with Gasteiger partial charge in [-0.2, -0.15) is 0 Å². The van der Waals surface area contributed by atoms with Gasteiger partial charge in [-0.25, -0.2) is 4.79 Å². The Balaban J connectivity index is 1.76. The van der Waals surface area contributed by atoms with Crippen molar-refractivity contribution < 1.29 is 19.4 Å². The molecule has 1 amide bonds. The smallest absolute Gasteiger partial charge is 0.410 e. The van der Waals surface area contributed by atoms with E-state index in [0.29, 0.717) is 13.1 Å². The molecule has 5 heteroatoms. The summed E-state index contributed by atoms with van der Waals surface area (Å²) in [6.45, 7) is 2.98. The number of amides is 1. The highest BCUT2D eigenvalue weighted by Gasteiger charge is 2.43. The number of nitrogens with zero attached hydrogens (tertiary/aromatic N) is 1. The molecule has 5 nitrogen and oxygen atoms in total. The highest BCUT2D eigenvalue weighted by Crippen LogP contribution is 2.33. The summed E-state index contributed by atoms with van der Waals surface area (Å²) in [7, 11) is 0. The van der Waals surface area contributed by atoms with E-state index in [1.165, 1.54) is 4.90 Å². The number of ether oxygens (including phenoxy) is 1. The third-order valence-corrected chi connectivity index (χ3v) is 3.19. The van der Waals surface area contributed by atoms with Gasteiger partial charge < -0.3 is 14.7 Å². The van der Waals surface area contributed by atoms with Crippen LogP contribution in [0.3, 0.4) is 0 Å². The van der Waals surface area contributed by atoms with Crippen LogP contribution in [0, 0.1) is 5.41 Å². The molecule has 1 aromatic rings. The number of hydrogen-bond acceptors (Lipinski definition) is 3. The van der Waals surface area contributed by atoms with Gasteiger partial charge in [-0.15, -0.1) is 0 Å². The van der Waals surface area contributed by atoms with E-state index in [2.05, 4.69) is 0 Å². The average molecular weight is 263 g/mol. The Morgan fingerprint density at radius 3 is 2.53 bits per heavy atom. The maximum absolute atomic E-state index is 11.7. The van der Waals surface area contributed by atoms with Crippen molar-refractivity contribution in [1.29, 1.82) is 0 Å². The Hall–Kier alpha value is -2.04. The van der Waals surface area contributed by atoms with Crippen LogP contribution in [-0.2, 0) is 16.1 Å². The van der Waals surface area contributed by atoms with Gasteiger partial charge in [0.15, 0.2) is 0 Å². The first kappa shape index (κ1) is 13.4. The van der Waals surface area contributed by atoms with Gasteiger partial charge in [0.25, 0.3) is 0 Å². The number of carboxylic acid groups (broad SMARTS) is 1. The van der Waals surface area contributed by atoms with Crippen molar-refractivity contribution in [3.8, 4) is 0 Å². The van der Waals surface area contributed by atoms with E-state index in [1.807, 2.05) is 37.3 Å². The van der Waals surface area contributed by atoms with Crippen molar-refractivity contribution in [2.45, 2.75) is 20.0 Å². The molecular formula is C14H17NO4. The highest BCUT2D eigenvalue weighted by atomic mass is 16.6. The summed E-state index contributed by atoms with van der Waals surface area (Å²) >= 11 is 0. The topological polar surface area (TPSA) is 66.8 Å². The van der Waals surface area contributed by atoms with E-state index < -0.39 is 5.97 Å². The van der Waals surface area contributed by atoms with Crippen LogP contribution >= 0.6 is 0 Å². The lowest BCUT2D eigenvalue weighted by molar-refractivity contribution is -0.142. The molecule has 1 heterocycles. The number of carbonyl (C=O) groups excluding carboxylic acids is 1. The standard InChI is InChI=1S/C14H17NO4/c1-14(7-12(16)17)9-15(10-14)13(18)19-8-11-5-3-2-4-6-11/h2-6H,7-10H2,1H3,(H,16,17). The molecule has 0 radical (unpaired) electrons. The SMILES string of the molecule is CC1(CC(=O)O)CN(C(=O)OCc2ccccc2)C1. The van der Waals surface area contributed by atoms with E-state index >= 15 is 0 Å². The first-order valence-corrected chi connectivity index (χ1v) is 6.16. The van der Waals surface area contributed by atoms with Crippen molar-refractivity contribution in [3.05, 3.63) is 35.9 Å². The molecule has 1 aliphatic heterocycles. The first-order chi connectivity index (χ1) is 8.98. The number of carboxylic acids is 1. The van der Waals surface area contributed by atoms with Crippen LogP contribution in [0.5, 0.6) is 0 Å². The van der Waals surface area contributed by atoms with E-state index in [4.69, 9.17) is 9.84 Å². The Kier molecular flexibility index (Phi) is 3.74. The van der Waals surface area contributed by atoms with Crippen molar-refractivity contribution in [2.24, 2.45) is 5.41 Å². The maximum Gasteiger partial charge on any atom is 0.410 e. The monoisotopic (exact) mass is 263 g/mol. The molecule has 0 bridgehead atoms. The number of rotatable bonds is 4. The number of carbonyl (C=O) groups is 2. The number of aliphatic carboxylic acids is 1. The zero-order chi connectivity index (χ0) is 13.9. The van der Waals surface area contributed by atoms with Gasteiger partial charge in [-0.1, -0.05) is 37.3 Å². The molecule has 0 saturated carbocycles. The molecule has 1 aliphatic rings. The van der Waals surface area contributed by atoms with Gasteiger partial charge in [0.05, 0.1) is 6.42 Å². The van der Waals surface area contributed by atoms with E-state index in [-0.39, 0.29) is 24.5 Å². The summed E-state index contributed by atoms with van der Waals surface area (Å²) in [6, 6.07) is 9.45. The fourth-order valence-corrected chi connectivity index (χ4v) is 2.29. The Bertz CT molecular complexity index is 466. The van der Waals surface area contributed by atoms with Crippen molar-refractivity contribution in [1.82, 2.24) is 4.90 Å². The second-order valence-electron chi connectivity index (χ2n) is 5.28. The zero-order valence-corrected chi connectivity index (χ0v) is 10.8. The molecule has 0 spiro atoms. The van der Waals surface area contributed by atoms with E-state index in [9.17, 15) is 9.59 Å². The van der Waals surface area contributed by atoms with Crippen LogP contribution in [-0.4, -0.2) is 35.2 Å². The van der Waals surface area contributed by atoms with Crippen molar-refractivity contribution >= 4 is 12.1 Å². The van der Waals surface area contributed by atoms with Gasteiger partial charge >= 0.3 is 12.1 Å². The molecule has 0 aromatic heterocycles. The minimum atomic E-state index is -0.834. The molecule has 2 rings (SSSR count). The van der Waals surface area contributed by atoms with Crippen molar-refractivity contribution in [2.75, 3.05) is 13.1 Å². The molecule has 1 aromatic carbocycles. The third-order valence-electron chi connectivity index (χ3n) is 3.19. The van der Waals surface area contributed by atoms with Crippen LogP contribution in [0.4, 0.5) is 4.79 Å². The molecule has 0 unspecified atom stereocenters. The number of likely N-dealkylation sites (tertiary alicyclic amines) is 1. The Morgan fingerprint density at radius 1 is 1.32 bits per heavy atom. The summed E-state index contributed by atoms with van der Waals surface area (Å²) in [5, 5.41) is 8.76. The second-order valence-corrected chi connectivity index (χ2v) is 5.28. The minimum absolute atomic E-state index is 0.0788. The van der Waals surface area contributed by atoms with Gasteiger partial charge in [-0.05, 0) is 5.56 Å². The van der Waals surface area contributed by atoms with Crippen LogP contribution in [0.1, 0.15) is 18.9 Å². The van der Waals surface area contributed by atoms with E-state index in [0.717, 1.165) is 5.56 Å². The summed E-state index contributed by atoms with van der Waals surface area (Å²) in [6.07, 6.45) is -0.304. The molecule has 1 N–H and O–H groups in total. The zero-order valence-electron chi connectivity index (χ0n) is 10.8. The van der Waals surface area contributed by atoms with Crippen LogP contribution in [0.25, 0.3) is 0 Å². The maximum atomic E-state index is 11.7. The van der Waals surface area contributed by atoms with Gasteiger partial charge in [0.1, 0.15) is 6.61 Å². The van der Waals surface area contributed by atoms with Crippen LogP contribution in [0.15, 0.2) is 30.3 Å². The Labute approximate surface area is 111 Å². The summed E-state index contributed by atoms with van der Waals surface area (Å²) in [5.74, 6) is -0.834. The highest BCUT2D eigenvalue weighted by molar-refractivity contribution is 5.71. The fraction of sp³-hybridized carbons (Fsp3) is 0.429. The Morgan fingerprint density at radius 2 is 1.95 bits per heavy atom. The average Bonchev–Trinajstić information content (AvgIpc) is 2.33. The second kappa shape index (κ2) is 5.30. The van der Waals surface area contributed by atoms with E-state index in [1.54, 1.807) is 0 Å². The minimum Gasteiger partial charge on any atom is -0.481 e. The molecule has 102 valence electrons. The van der Waals surface area contributed by atoms with Crippen LogP contribution in [0.2, 0.25) is 0 Å². The summed E-state index contributed by atoms with van der Waals surface area (Å²) in [4.78, 5) is 23.9. The largest absolute Gasteiger partial charge is 0.481 e. The molecular weight excluding hydrogens is 246 g/mol. The van der Waals surface area contributed by atoms with Gasteiger partial charge in [0.2, 0.25) is 0 Å².